The maximum atomic E-state index is 11.2. The monoisotopic (exact) mass is 197 g/mol. The summed E-state index contributed by atoms with van der Waals surface area (Å²) in [5, 5.41) is 4.64. The smallest absolute Gasteiger partial charge is 0.261 e. The van der Waals surface area contributed by atoms with Crippen LogP contribution in [0.3, 0.4) is 0 Å². The fraction of sp³-hybridized carbons (Fsp3) is 0.125. The average molecular weight is 197 g/mol. The van der Waals surface area contributed by atoms with E-state index in [4.69, 9.17) is 0 Å². The largest absolute Gasteiger partial charge is 0.354 e. The second kappa shape index (κ2) is 2.88. The predicted molar refractivity (Wildman–Crippen MR) is 53.1 cm³/mol. The zero-order valence-corrected chi connectivity index (χ0v) is 8.09. The molecule has 62 valence electrons. The lowest BCUT2D eigenvalue weighted by atomic mass is 10.4. The van der Waals surface area contributed by atoms with E-state index in [9.17, 15) is 4.79 Å². The van der Waals surface area contributed by atoms with Crippen molar-refractivity contribution in [2.45, 2.75) is 0 Å². The van der Waals surface area contributed by atoms with Gasteiger partial charge < -0.3 is 5.32 Å². The van der Waals surface area contributed by atoms with Crippen LogP contribution < -0.4 is 5.32 Å². The third kappa shape index (κ3) is 1.13. The molecule has 0 saturated carbocycles. The predicted octanol–water partition coefficient (Wildman–Crippen LogP) is 2.32. The van der Waals surface area contributed by atoms with Gasteiger partial charge in [0.05, 0.1) is 4.88 Å². The van der Waals surface area contributed by atoms with Crippen LogP contribution in [0.2, 0.25) is 0 Å². The SMILES string of the molecule is CNC(=O)c1cc2sccc2s1. The van der Waals surface area contributed by atoms with Gasteiger partial charge in [0.1, 0.15) is 0 Å². The molecule has 0 unspecified atom stereocenters. The minimum atomic E-state index is 0.00315. The van der Waals surface area contributed by atoms with E-state index in [1.54, 1.807) is 18.4 Å². The van der Waals surface area contributed by atoms with E-state index >= 15 is 0 Å². The van der Waals surface area contributed by atoms with Gasteiger partial charge in [0.2, 0.25) is 0 Å². The van der Waals surface area contributed by atoms with Gasteiger partial charge in [-0.3, -0.25) is 4.79 Å². The molecule has 2 rings (SSSR count). The first kappa shape index (κ1) is 7.76. The van der Waals surface area contributed by atoms with Gasteiger partial charge in [-0.1, -0.05) is 0 Å². The molecule has 4 heteroatoms. The Morgan fingerprint density at radius 3 is 3.00 bits per heavy atom. The van der Waals surface area contributed by atoms with Crippen LogP contribution >= 0.6 is 22.7 Å². The Morgan fingerprint density at radius 1 is 1.50 bits per heavy atom. The van der Waals surface area contributed by atoms with Gasteiger partial charge in [-0.15, -0.1) is 22.7 Å². The summed E-state index contributed by atoms with van der Waals surface area (Å²) < 4.78 is 2.39. The Hall–Kier alpha value is -0.870. The van der Waals surface area contributed by atoms with Crippen molar-refractivity contribution >= 4 is 38.0 Å². The zero-order chi connectivity index (χ0) is 8.55. The highest BCUT2D eigenvalue weighted by Crippen LogP contribution is 2.29. The molecule has 2 nitrogen and oxygen atoms in total. The summed E-state index contributed by atoms with van der Waals surface area (Å²) in [5.74, 6) is 0.00315. The first-order chi connectivity index (χ1) is 5.81. The molecule has 0 bridgehead atoms. The number of thiophene rings is 2. The maximum Gasteiger partial charge on any atom is 0.261 e. The molecule has 2 aromatic heterocycles. The van der Waals surface area contributed by atoms with E-state index in [0.29, 0.717) is 0 Å². The summed E-state index contributed by atoms with van der Waals surface area (Å²) in [6.07, 6.45) is 0. The van der Waals surface area contributed by atoms with Gasteiger partial charge in [-0.05, 0) is 17.5 Å². The summed E-state index contributed by atoms with van der Waals surface area (Å²) in [5.41, 5.74) is 0. The summed E-state index contributed by atoms with van der Waals surface area (Å²) in [6.45, 7) is 0. The molecule has 0 spiro atoms. The Bertz CT molecular complexity index is 387. The molecule has 1 N–H and O–H groups in total. The number of hydrogen-bond acceptors (Lipinski definition) is 3. The highest BCUT2D eigenvalue weighted by atomic mass is 32.1. The lowest BCUT2D eigenvalue weighted by molar-refractivity contribution is 0.0967. The van der Waals surface area contributed by atoms with Crippen LogP contribution in [0.1, 0.15) is 9.67 Å². The molecule has 0 aliphatic carbocycles. The number of nitrogens with one attached hydrogen (secondary N) is 1. The van der Waals surface area contributed by atoms with E-state index in [-0.39, 0.29) is 5.91 Å². The van der Waals surface area contributed by atoms with Crippen molar-refractivity contribution in [2.24, 2.45) is 0 Å². The fourth-order valence-electron chi connectivity index (χ4n) is 1.00. The molecule has 0 aromatic carbocycles. The topological polar surface area (TPSA) is 29.1 Å². The van der Waals surface area contributed by atoms with E-state index in [2.05, 4.69) is 5.32 Å². The average Bonchev–Trinajstić information content (AvgIpc) is 2.60. The number of fused-ring (bicyclic) bond motifs is 1. The minimum Gasteiger partial charge on any atom is -0.354 e. The van der Waals surface area contributed by atoms with Gasteiger partial charge >= 0.3 is 0 Å². The lowest BCUT2D eigenvalue weighted by Gasteiger charge is -1.91. The Balaban J connectivity index is 2.51. The van der Waals surface area contributed by atoms with Crippen molar-refractivity contribution < 1.29 is 4.79 Å². The third-order valence-electron chi connectivity index (χ3n) is 1.59. The highest BCUT2D eigenvalue weighted by molar-refractivity contribution is 7.27. The number of rotatable bonds is 1. The van der Waals surface area contributed by atoms with Crippen molar-refractivity contribution in [3.8, 4) is 0 Å². The molecule has 1 amide bonds. The number of carbonyl (C=O) groups is 1. The molecule has 2 heterocycles. The quantitative estimate of drug-likeness (QED) is 0.747. The number of carbonyl (C=O) groups excluding carboxylic acids is 1. The third-order valence-corrected chi connectivity index (χ3v) is 3.68. The number of amides is 1. The van der Waals surface area contributed by atoms with Crippen LogP contribution in [0.15, 0.2) is 17.5 Å². The van der Waals surface area contributed by atoms with Gasteiger partial charge in [0, 0.05) is 16.4 Å². The molecule has 0 fully saturated rings. The summed E-state index contributed by atoms with van der Waals surface area (Å²) in [6, 6.07) is 3.97. The van der Waals surface area contributed by atoms with Crippen molar-refractivity contribution in [3.05, 3.63) is 22.4 Å². The minimum absolute atomic E-state index is 0.00315. The van der Waals surface area contributed by atoms with E-state index < -0.39 is 0 Å². The molecule has 2 aromatic rings. The van der Waals surface area contributed by atoms with E-state index in [1.807, 2.05) is 17.5 Å². The fourth-order valence-corrected chi connectivity index (χ4v) is 3.06. The van der Waals surface area contributed by atoms with Crippen molar-refractivity contribution in [2.75, 3.05) is 7.05 Å². The van der Waals surface area contributed by atoms with E-state index in [1.165, 1.54) is 20.7 Å². The molecule has 0 atom stereocenters. The van der Waals surface area contributed by atoms with Gasteiger partial charge in [-0.25, -0.2) is 0 Å². The highest BCUT2D eigenvalue weighted by Gasteiger charge is 2.08. The van der Waals surface area contributed by atoms with Crippen LogP contribution in [0.5, 0.6) is 0 Å². The lowest BCUT2D eigenvalue weighted by Crippen LogP contribution is -2.15. The first-order valence-corrected chi connectivity index (χ1v) is 5.20. The summed E-state index contributed by atoms with van der Waals surface area (Å²) in [7, 11) is 1.65. The van der Waals surface area contributed by atoms with Crippen LogP contribution in [0, 0.1) is 0 Å². The normalized spacial score (nSPS) is 10.4. The Kier molecular flexibility index (Phi) is 1.86. The molecule has 0 aliphatic heterocycles. The second-order valence-electron chi connectivity index (χ2n) is 2.34. The van der Waals surface area contributed by atoms with Gasteiger partial charge in [-0.2, -0.15) is 0 Å². The Labute approximate surface area is 77.8 Å². The summed E-state index contributed by atoms with van der Waals surface area (Å²) in [4.78, 5) is 12.0. The van der Waals surface area contributed by atoms with Crippen LogP contribution in [-0.2, 0) is 0 Å². The van der Waals surface area contributed by atoms with Crippen molar-refractivity contribution in [1.29, 1.82) is 0 Å². The molecule has 0 saturated heterocycles. The van der Waals surface area contributed by atoms with Crippen LogP contribution in [0.25, 0.3) is 9.40 Å². The van der Waals surface area contributed by atoms with Crippen molar-refractivity contribution in [1.82, 2.24) is 5.32 Å². The van der Waals surface area contributed by atoms with E-state index in [0.717, 1.165) is 4.88 Å². The molecule has 0 aliphatic rings. The molecular weight excluding hydrogens is 190 g/mol. The molecule has 0 radical (unpaired) electrons. The zero-order valence-electron chi connectivity index (χ0n) is 6.46. The van der Waals surface area contributed by atoms with Gasteiger partial charge in [0.15, 0.2) is 0 Å². The first-order valence-electron chi connectivity index (χ1n) is 3.50. The van der Waals surface area contributed by atoms with Crippen LogP contribution in [0.4, 0.5) is 0 Å². The standard InChI is InChI=1S/C8H7NOS2/c1-9-8(10)7-4-6-5(12-7)2-3-11-6/h2-4H,1H3,(H,9,10). The maximum absolute atomic E-state index is 11.2. The summed E-state index contributed by atoms with van der Waals surface area (Å²) >= 11 is 3.20. The van der Waals surface area contributed by atoms with Crippen molar-refractivity contribution in [3.63, 3.8) is 0 Å². The molecule has 12 heavy (non-hydrogen) atoms. The number of hydrogen-bond donors (Lipinski definition) is 1. The Morgan fingerprint density at radius 2 is 2.33 bits per heavy atom. The van der Waals surface area contributed by atoms with Gasteiger partial charge in [0.25, 0.3) is 5.91 Å². The second-order valence-corrected chi connectivity index (χ2v) is 4.37. The molecular formula is C8H7NOS2. The van der Waals surface area contributed by atoms with Crippen LogP contribution in [-0.4, -0.2) is 13.0 Å².